The van der Waals surface area contributed by atoms with E-state index < -0.39 is 0 Å². The lowest BCUT2D eigenvalue weighted by Crippen LogP contribution is -2.05. The van der Waals surface area contributed by atoms with Crippen LogP contribution in [0.25, 0.3) is 0 Å². The Morgan fingerprint density at radius 1 is 1.20 bits per heavy atom. The Morgan fingerprint density at radius 2 is 1.90 bits per heavy atom. The van der Waals surface area contributed by atoms with Gasteiger partial charge in [-0.1, -0.05) is 26.0 Å². The van der Waals surface area contributed by atoms with Crippen molar-refractivity contribution in [2.75, 3.05) is 5.73 Å². The van der Waals surface area contributed by atoms with E-state index in [1.165, 1.54) is 5.56 Å². The number of hydrogen-bond acceptors (Lipinski definition) is 4. The van der Waals surface area contributed by atoms with Crippen LogP contribution in [0.15, 0.2) is 30.3 Å². The molecule has 1 heterocycles. The number of benzene rings is 1. The van der Waals surface area contributed by atoms with E-state index in [1.807, 2.05) is 19.1 Å². The van der Waals surface area contributed by atoms with Gasteiger partial charge in [-0.25, -0.2) is 9.97 Å². The van der Waals surface area contributed by atoms with Gasteiger partial charge in [-0.2, -0.15) is 0 Å². The zero-order chi connectivity index (χ0) is 14.5. The third-order valence-electron chi connectivity index (χ3n) is 3.35. The predicted molar refractivity (Wildman–Crippen MR) is 80.7 cm³/mol. The number of rotatable bonds is 5. The van der Waals surface area contributed by atoms with Gasteiger partial charge < -0.3 is 10.5 Å². The first kappa shape index (κ1) is 14.3. The monoisotopic (exact) mass is 271 g/mol. The van der Waals surface area contributed by atoms with Crippen molar-refractivity contribution in [2.45, 2.75) is 39.7 Å². The van der Waals surface area contributed by atoms with Crippen molar-refractivity contribution >= 4 is 5.82 Å². The number of hydrogen-bond donors (Lipinski definition) is 1. The summed E-state index contributed by atoms with van der Waals surface area (Å²) in [6, 6.07) is 9.93. The summed E-state index contributed by atoms with van der Waals surface area (Å²) >= 11 is 0. The fourth-order valence-electron chi connectivity index (χ4n) is 2.00. The van der Waals surface area contributed by atoms with Crippen molar-refractivity contribution in [1.29, 1.82) is 0 Å². The van der Waals surface area contributed by atoms with E-state index in [1.54, 1.807) is 6.07 Å². The van der Waals surface area contributed by atoms with Gasteiger partial charge in [0.2, 0.25) is 0 Å². The van der Waals surface area contributed by atoms with E-state index in [9.17, 15) is 0 Å². The van der Waals surface area contributed by atoms with E-state index in [0.29, 0.717) is 24.2 Å². The minimum atomic E-state index is 0.328. The fourth-order valence-corrected chi connectivity index (χ4v) is 2.00. The van der Waals surface area contributed by atoms with E-state index in [-0.39, 0.29) is 0 Å². The highest BCUT2D eigenvalue weighted by Crippen LogP contribution is 2.21. The van der Waals surface area contributed by atoms with Gasteiger partial charge in [-0.15, -0.1) is 0 Å². The van der Waals surface area contributed by atoms with Crippen LogP contribution in [0.4, 0.5) is 5.82 Å². The smallest absolute Gasteiger partial charge is 0.168 e. The quantitative estimate of drug-likeness (QED) is 0.904. The number of anilines is 1. The maximum atomic E-state index is 5.69. The summed E-state index contributed by atoms with van der Waals surface area (Å²) in [6.45, 7) is 6.63. The summed E-state index contributed by atoms with van der Waals surface area (Å²) in [4.78, 5) is 8.44. The highest BCUT2D eigenvalue weighted by Gasteiger charge is 2.04. The molecule has 2 rings (SSSR count). The maximum absolute atomic E-state index is 5.69. The van der Waals surface area contributed by atoms with Crippen LogP contribution in [0.5, 0.6) is 5.75 Å². The summed E-state index contributed by atoms with van der Waals surface area (Å²) in [5.41, 5.74) is 7.87. The fraction of sp³-hybridized carbons (Fsp3) is 0.375. The molecule has 0 aliphatic rings. The Labute approximate surface area is 120 Å². The molecule has 0 bridgehead atoms. The molecule has 0 saturated heterocycles. The van der Waals surface area contributed by atoms with Gasteiger partial charge in [0.1, 0.15) is 18.2 Å². The van der Waals surface area contributed by atoms with Crippen LogP contribution in [0.2, 0.25) is 0 Å². The first-order valence-electron chi connectivity index (χ1n) is 6.91. The van der Waals surface area contributed by atoms with E-state index in [2.05, 4.69) is 35.9 Å². The van der Waals surface area contributed by atoms with Crippen LogP contribution in [0.3, 0.4) is 0 Å². The summed E-state index contributed by atoms with van der Waals surface area (Å²) in [6.07, 6.45) is 1.14. The molecule has 0 aliphatic carbocycles. The van der Waals surface area contributed by atoms with Crippen LogP contribution in [0, 0.1) is 6.92 Å². The first-order chi connectivity index (χ1) is 9.58. The van der Waals surface area contributed by atoms with Gasteiger partial charge in [0.25, 0.3) is 0 Å². The van der Waals surface area contributed by atoms with E-state index in [4.69, 9.17) is 10.5 Å². The van der Waals surface area contributed by atoms with E-state index in [0.717, 1.165) is 17.9 Å². The maximum Gasteiger partial charge on any atom is 0.168 e. The van der Waals surface area contributed by atoms with Crippen molar-refractivity contribution in [3.05, 3.63) is 47.4 Å². The second kappa shape index (κ2) is 6.37. The highest BCUT2D eigenvalue weighted by molar-refractivity contribution is 5.30. The molecule has 0 saturated carbocycles. The van der Waals surface area contributed by atoms with Gasteiger partial charge in [-0.3, -0.25) is 0 Å². The number of ether oxygens (including phenoxy) is 1. The zero-order valence-corrected chi connectivity index (χ0v) is 12.3. The molecule has 4 heteroatoms. The van der Waals surface area contributed by atoms with Gasteiger partial charge in [0, 0.05) is 11.8 Å². The number of nitrogens with two attached hydrogens (primary N) is 1. The number of nitrogen functional groups attached to an aromatic ring is 1. The largest absolute Gasteiger partial charge is 0.486 e. The predicted octanol–water partition coefficient (Wildman–Crippen LogP) is 3.46. The van der Waals surface area contributed by atoms with Crippen LogP contribution in [0.1, 0.15) is 43.3 Å². The topological polar surface area (TPSA) is 61.0 Å². The normalized spacial score (nSPS) is 12.2. The number of aryl methyl sites for hydroxylation is 1. The molecular weight excluding hydrogens is 250 g/mol. The SMILES string of the molecule is CCC(C)c1ccc(OCc2nc(C)cc(N)n2)cc1. The zero-order valence-electron chi connectivity index (χ0n) is 12.3. The van der Waals surface area contributed by atoms with Gasteiger partial charge in [0.15, 0.2) is 5.82 Å². The van der Waals surface area contributed by atoms with Crippen LogP contribution >= 0.6 is 0 Å². The molecule has 1 aromatic heterocycles. The Bertz CT molecular complexity index is 546. The molecule has 1 atom stereocenters. The Hall–Kier alpha value is -2.10. The molecule has 1 unspecified atom stereocenters. The molecule has 2 aromatic rings. The molecule has 20 heavy (non-hydrogen) atoms. The Morgan fingerprint density at radius 3 is 2.50 bits per heavy atom. The minimum Gasteiger partial charge on any atom is -0.486 e. The van der Waals surface area contributed by atoms with E-state index >= 15 is 0 Å². The van der Waals surface area contributed by atoms with Gasteiger partial charge >= 0.3 is 0 Å². The molecule has 0 amide bonds. The minimum absolute atomic E-state index is 0.328. The van der Waals surface area contributed by atoms with Gasteiger partial charge in [-0.05, 0) is 37.0 Å². The summed E-state index contributed by atoms with van der Waals surface area (Å²) in [7, 11) is 0. The summed E-state index contributed by atoms with van der Waals surface area (Å²) in [5, 5.41) is 0. The Balaban J connectivity index is 2.00. The lowest BCUT2D eigenvalue weighted by Gasteiger charge is -2.10. The standard InChI is InChI=1S/C16H21N3O/c1-4-11(2)13-5-7-14(8-6-13)20-10-16-18-12(3)9-15(17)19-16/h5-9,11H,4,10H2,1-3H3,(H2,17,18,19). The molecule has 106 valence electrons. The molecule has 2 N–H and O–H groups in total. The summed E-state index contributed by atoms with van der Waals surface area (Å²) < 4.78 is 5.69. The van der Waals surface area contributed by atoms with Crippen LogP contribution < -0.4 is 10.5 Å². The van der Waals surface area contributed by atoms with Crippen molar-refractivity contribution in [3.8, 4) is 5.75 Å². The molecule has 4 nitrogen and oxygen atoms in total. The summed E-state index contributed by atoms with van der Waals surface area (Å²) in [5.74, 6) is 2.47. The molecule has 0 radical (unpaired) electrons. The molecule has 0 spiro atoms. The number of aromatic nitrogens is 2. The molecular formula is C16H21N3O. The van der Waals surface area contributed by atoms with Crippen molar-refractivity contribution < 1.29 is 4.74 Å². The van der Waals surface area contributed by atoms with Crippen LogP contribution in [-0.4, -0.2) is 9.97 Å². The molecule has 1 aromatic carbocycles. The molecule has 0 fully saturated rings. The lowest BCUT2D eigenvalue weighted by molar-refractivity contribution is 0.295. The number of nitrogens with zero attached hydrogens (tertiary/aromatic N) is 2. The third-order valence-corrected chi connectivity index (χ3v) is 3.35. The van der Waals surface area contributed by atoms with Crippen LogP contribution in [-0.2, 0) is 6.61 Å². The second-order valence-corrected chi connectivity index (χ2v) is 5.02. The van der Waals surface area contributed by atoms with Crippen molar-refractivity contribution in [1.82, 2.24) is 9.97 Å². The second-order valence-electron chi connectivity index (χ2n) is 5.02. The Kier molecular flexibility index (Phi) is 4.56. The third kappa shape index (κ3) is 3.70. The van der Waals surface area contributed by atoms with Crippen molar-refractivity contribution in [2.24, 2.45) is 0 Å². The van der Waals surface area contributed by atoms with Gasteiger partial charge in [0.05, 0.1) is 0 Å². The first-order valence-corrected chi connectivity index (χ1v) is 6.91. The lowest BCUT2D eigenvalue weighted by atomic mass is 9.99. The molecule has 0 aliphatic heterocycles. The van der Waals surface area contributed by atoms with Crippen molar-refractivity contribution in [3.63, 3.8) is 0 Å². The highest BCUT2D eigenvalue weighted by atomic mass is 16.5. The average Bonchev–Trinajstić information content (AvgIpc) is 2.44. The average molecular weight is 271 g/mol.